The van der Waals surface area contributed by atoms with Gasteiger partial charge in [0.15, 0.2) is 6.61 Å². The minimum Gasteiger partial charge on any atom is -0.465 e. The van der Waals surface area contributed by atoms with E-state index < -0.39 is 24.9 Å². The Balaban J connectivity index is 2.57. The minimum atomic E-state index is -3.52. The molecule has 3 N–H and O–H groups in total. The fourth-order valence-electron chi connectivity index (χ4n) is 3.59. The molecule has 0 bridgehead atoms. The molecule has 0 spiro atoms. The van der Waals surface area contributed by atoms with Crippen LogP contribution in [-0.2, 0) is 9.47 Å². The van der Waals surface area contributed by atoms with Crippen LogP contribution in [0.15, 0.2) is 0 Å². The molecule has 1 rings (SSSR count). The van der Waals surface area contributed by atoms with Crippen LogP contribution in [0.2, 0.25) is 0 Å². The second kappa shape index (κ2) is 7.50. The number of ether oxygens (including phenoxy) is 2. The average molecular weight is 352 g/mol. The van der Waals surface area contributed by atoms with Crippen LogP contribution in [0.4, 0.5) is 18.4 Å². The molecular weight excluding hydrogens is 326 g/mol. The molecule has 7 nitrogen and oxygen atoms in total. The van der Waals surface area contributed by atoms with Gasteiger partial charge in [-0.1, -0.05) is 20.8 Å². The number of hydrogen-bond acceptors (Lipinski definition) is 4. The van der Waals surface area contributed by atoms with Gasteiger partial charge in [0, 0.05) is 19.7 Å². The molecule has 1 aliphatic rings. The molecular formula is C15H26F2N2O5. The van der Waals surface area contributed by atoms with Crippen molar-refractivity contribution in [3.05, 3.63) is 0 Å². The monoisotopic (exact) mass is 352 g/mol. The summed E-state index contributed by atoms with van der Waals surface area (Å²) in [5.74, 6) is 0. The Morgan fingerprint density at radius 1 is 1.29 bits per heavy atom. The Morgan fingerprint density at radius 3 is 2.46 bits per heavy atom. The van der Waals surface area contributed by atoms with E-state index in [4.69, 9.17) is 5.11 Å². The van der Waals surface area contributed by atoms with E-state index in [2.05, 4.69) is 20.1 Å². The number of carbonyl (C=O) groups is 2. The van der Waals surface area contributed by atoms with E-state index in [0.29, 0.717) is 12.8 Å². The highest BCUT2D eigenvalue weighted by Crippen LogP contribution is 2.45. The zero-order valence-corrected chi connectivity index (χ0v) is 14.4. The van der Waals surface area contributed by atoms with Gasteiger partial charge in [-0.15, -0.1) is 0 Å². The SMILES string of the molecule is COC(F)(F)COC(=O)NCC1(C)CC(NC(=O)O)CC(C)(C)C1. The highest BCUT2D eigenvalue weighted by atomic mass is 19.3. The molecule has 0 radical (unpaired) electrons. The molecule has 2 amide bonds. The number of nitrogens with one attached hydrogen (secondary N) is 2. The number of amides is 2. The summed E-state index contributed by atoms with van der Waals surface area (Å²) in [4.78, 5) is 22.5. The highest BCUT2D eigenvalue weighted by Gasteiger charge is 2.42. The number of halogens is 2. The summed E-state index contributed by atoms with van der Waals surface area (Å²) in [6, 6.07) is -0.230. The number of rotatable bonds is 6. The molecule has 24 heavy (non-hydrogen) atoms. The van der Waals surface area contributed by atoms with E-state index in [-0.39, 0.29) is 23.4 Å². The van der Waals surface area contributed by atoms with E-state index in [9.17, 15) is 18.4 Å². The summed E-state index contributed by atoms with van der Waals surface area (Å²) < 4.78 is 34.1. The molecule has 0 saturated heterocycles. The summed E-state index contributed by atoms with van der Waals surface area (Å²) in [5.41, 5.74) is -0.494. The lowest BCUT2D eigenvalue weighted by Gasteiger charge is -2.46. The van der Waals surface area contributed by atoms with Crippen molar-refractivity contribution in [1.82, 2.24) is 10.6 Å². The first-order valence-electron chi connectivity index (χ1n) is 7.70. The van der Waals surface area contributed by atoms with Crippen LogP contribution >= 0.6 is 0 Å². The number of methoxy groups -OCH3 is 1. The summed E-state index contributed by atoms with van der Waals surface area (Å²) in [6.45, 7) is 5.01. The van der Waals surface area contributed by atoms with Gasteiger partial charge < -0.3 is 25.2 Å². The maximum Gasteiger partial charge on any atom is 0.407 e. The summed E-state index contributed by atoms with van der Waals surface area (Å²) in [5, 5.41) is 13.9. The van der Waals surface area contributed by atoms with Crippen molar-refractivity contribution in [2.75, 3.05) is 20.3 Å². The third kappa shape index (κ3) is 6.86. The number of hydrogen-bond donors (Lipinski definition) is 3. The second-order valence-electron chi connectivity index (χ2n) is 7.48. The molecule has 1 saturated carbocycles. The Bertz CT molecular complexity index is 473. The predicted octanol–water partition coefficient (Wildman–Crippen LogP) is 2.80. The van der Waals surface area contributed by atoms with Crippen molar-refractivity contribution in [3.8, 4) is 0 Å². The van der Waals surface area contributed by atoms with Crippen LogP contribution in [0.1, 0.15) is 40.0 Å². The van der Waals surface area contributed by atoms with Gasteiger partial charge in [-0.2, -0.15) is 8.78 Å². The Morgan fingerprint density at radius 2 is 1.92 bits per heavy atom. The largest absolute Gasteiger partial charge is 0.465 e. The number of alkyl carbamates (subject to hydrolysis) is 1. The normalized spacial score (nSPS) is 26.5. The van der Waals surface area contributed by atoms with Gasteiger partial charge in [0.05, 0.1) is 0 Å². The van der Waals surface area contributed by atoms with E-state index in [1.807, 2.05) is 20.8 Å². The van der Waals surface area contributed by atoms with E-state index in [1.165, 1.54) is 0 Å². The zero-order valence-electron chi connectivity index (χ0n) is 14.4. The lowest BCUT2D eigenvalue weighted by molar-refractivity contribution is -0.241. The fourth-order valence-corrected chi connectivity index (χ4v) is 3.59. The van der Waals surface area contributed by atoms with Gasteiger partial charge in [0.2, 0.25) is 0 Å². The van der Waals surface area contributed by atoms with Crippen molar-refractivity contribution in [1.29, 1.82) is 0 Å². The molecule has 0 aromatic carbocycles. The van der Waals surface area contributed by atoms with Crippen LogP contribution in [0.3, 0.4) is 0 Å². The van der Waals surface area contributed by atoms with Crippen LogP contribution in [0.25, 0.3) is 0 Å². The first kappa shape index (κ1) is 20.4. The predicted molar refractivity (Wildman–Crippen MR) is 82.0 cm³/mol. The average Bonchev–Trinajstić information content (AvgIpc) is 2.40. The fraction of sp³-hybridized carbons (Fsp3) is 0.867. The van der Waals surface area contributed by atoms with Crippen molar-refractivity contribution >= 4 is 12.2 Å². The van der Waals surface area contributed by atoms with Gasteiger partial charge in [0.25, 0.3) is 0 Å². The maximum atomic E-state index is 12.9. The number of alkyl halides is 2. The number of carbonyl (C=O) groups excluding carboxylic acids is 1. The van der Waals surface area contributed by atoms with Gasteiger partial charge in [-0.3, -0.25) is 0 Å². The van der Waals surface area contributed by atoms with Crippen LogP contribution in [-0.4, -0.2) is 49.7 Å². The molecule has 1 fully saturated rings. The number of carboxylic acid groups (broad SMARTS) is 1. The van der Waals surface area contributed by atoms with Gasteiger partial charge >= 0.3 is 18.3 Å². The highest BCUT2D eigenvalue weighted by molar-refractivity contribution is 5.67. The molecule has 1 aliphatic carbocycles. The van der Waals surface area contributed by atoms with Crippen molar-refractivity contribution < 1.29 is 33.0 Å². The van der Waals surface area contributed by atoms with E-state index >= 15 is 0 Å². The van der Waals surface area contributed by atoms with Crippen LogP contribution < -0.4 is 10.6 Å². The zero-order chi connectivity index (χ0) is 18.6. The molecule has 2 atom stereocenters. The molecule has 140 valence electrons. The molecule has 9 heteroatoms. The summed E-state index contributed by atoms with van der Waals surface area (Å²) >= 11 is 0. The summed E-state index contributed by atoms with van der Waals surface area (Å²) in [7, 11) is 0.821. The Kier molecular flexibility index (Phi) is 6.38. The van der Waals surface area contributed by atoms with Crippen LogP contribution in [0, 0.1) is 10.8 Å². The molecule has 0 aliphatic heterocycles. The standard InChI is InChI=1S/C15H26F2N2O5/c1-13(2)5-10(19-11(20)21)6-14(3,7-13)8-18-12(22)24-9-15(16,17)23-4/h10,19H,5-9H2,1-4H3,(H,18,22)(H,20,21). The lowest BCUT2D eigenvalue weighted by atomic mass is 9.62. The molecule has 2 unspecified atom stereocenters. The lowest BCUT2D eigenvalue weighted by Crippen LogP contribution is -2.50. The van der Waals surface area contributed by atoms with Crippen LogP contribution in [0.5, 0.6) is 0 Å². The van der Waals surface area contributed by atoms with E-state index in [0.717, 1.165) is 13.5 Å². The quantitative estimate of drug-likeness (QED) is 0.683. The molecule has 0 aromatic heterocycles. The molecule has 0 aromatic rings. The Labute approximate surface area is 140 Å². The maximum absolute atomic E-state index is 12.9. The van der Waals surface area contributed by atoms with Crippen molar-refractivity contribution in [2.45, 2.75) is 52.2 Å². The topological polar surface area (TPSA) is 96.9 Å². The Hall–Kier alpha value is -1.64. The second-order valence-corrected chi connectivity index (χ2v) is 7.48. The van der Waals surface area contributed by atoms with E-state index in [1.54, 1.807) is 0 Å². The van der Waals surface area contributed by atoms with Crippen molar-refractivity contribution in [2.24, 2.45) is 10.8 Å². The minimum absolute atomic E-state index is 0.116. The molecule has 0 heterocycles. The van der Waals surface area contributed by atoms with Gasteiger partial charge in [-0.05, 0) is 30.1 Å². The first-order chi connectivity index (χ1) is 10.9. The third-order valence-electron chi connectivity index (χ3n) is 4.10. The van der Waals surface area contributed by atoms with Gasteiger partial charge in [-0.25, -0.2) is 9.59 Å². The summed E-state index contributed by atoms with van der Waals surface area (Å²) in [6.07, 6.45) is -3.58. The first-order valence-corrected chi connectivity index (χ1v) is 7.70. The van der Waals surface area contributed by atoms with Crippen molar-refractivity contribution in [3.63, 3.8) is 0 Å². The third-order valence-corrected chi connectivity index (χ3v) is 4.10. The van der Waals surface area contributed by atoms with Gasteiger partial charge in [0.1, 0.15) is 0 Å². The smallest absolute Gasteiger partial charge is 0.407 e.